The van der Waals surface area contributed by atoms with Gasteiger partial charge in [-0.1, -0.05) is 59.8 Å². The number of para-hydroxylation sites is 1. The van der Waals surface area contributed by atoms with Crippen LogP contribution in [0.3, 0.4) is 0 Å². The molecule has 0 spiro atoms. The molecule has 2 aromatic heterocycles. The molecule has 0 amide bonds. The molecule has 0 unspecified atom stereocenters. The van der Waals surface area contributed by atoms with E-state index in [4.69, 9.17) is 5.41 Å². The molecule has 154 valence electrons. The van der Waals surface area contributed by atoms with Gasteiger partial charge in [-0.3, -0.25) is 10.2 Å². The second kappa shape index (κ2) is 7.94. The summed E-state index contributed by atoms with van der Waals surface area (Å²) >= 11 is 2.69. The van der Waals surface area contributed by atoms with Gasteiger partial charge in [0.1, 0.15) is 10.9 Å². The Kier molecular flexibility index (Phi) is 5.12. The van der Waals surface area contributed by atoms with Gasteiger partial charge in [-0.25, -0.2) is 4.98 Å². The van der Waals surface area contributed by atoms with Crippen LogP contribution < -0.4 is 0 Å². The summed E-state index contributed by atoms with van der Waals surface area (Å²) in [4.78, 5) is 18.0. The fraction of sp³-hybridized carbons (Fsp3) is 0.160. The van der Waals surface area contributed by atoms with E-state index >= 15 is 0 Å². The lowest BCUT2D eigenvalue weighted by atomic mass is 10.0. The number of thiazole rings is 1. The zero-order valence-corrected chi connectivity index (χ0v) is 18.9. The predicted molar refractivity (Wildman–Crippen MR) is 130 cm³/mol. The molecule has 0 aliphatic carbocycles. The zero-order valence-electron chi connectivity index (χ0n) is 17.3. The Morgan fingerprint density at radius 2 is 2.00 bits per heavy atom. The minimum atomic E-state index is -0.558. The predicted octanol–water partition coefficient (Wildman–Crippen LogP) is 6.18. The van der Waals surface area contributed by atoms with E-state index in [2.05, 4.69) is 65.9 Å². The third kappa shape index (κ3) is 3.56. The van der Waals surface area contributed by atoms with Crippen molar-refractivity contribution in [1.29, 1.82) is 5.41 Å². The zero-order chi connectivity index (χ0) is 21.5. The summed E-state index contributed by atoms with van der Waals surface area (Å²) < 4.78 is 2.31. The highest BCUT2D eigenvalue weighted by Gasteiger charge is 2.38. The third-order valence-electron chi connectivity index (χ3n) is 5.66. The summed E-state index contributed by atoms with van der Waals surface area (Å²) in [5, 5.41) is 12.4. The first-order valence-electron chi connectivity index (χ1n) is 10.1. The lowest BCUT2D eigenvalue weighted by molar-refractivity contribution is -0.114. The van der Waals surface area contributed by atoms with Crippen molar-refractivity contribution in [3.8, 4) is 0 Å². The van der Waals surface area contributed by atoms with Gasteiger partial charge in [0, 0.05) is 40.3 Å². The number of nitrogens with one attached hydrogen (secondary N) is 1. The van der Waals surface area contributed by atoms with Crippen molar-refractivity contribution in [2.24, 2.45) is 0 Å². The molecular weight excluding hydrogens is 422 g/mol. The first kappa shape index (κ1) is 20.0. The number of benzene rings is 2. The molecule has 1 aliphatic heterocycles. The molecule has 4 aromatic rings. The van der Waals surface area contributed by atoms with Gasteiger partial charge in [0.25, 0.3) is 0 Å². The van der Waals surface area contributed by atoms with Gasteiger partial charge in [0.05, 0.1) is 9.95 Å². The van der Waals surface area contributed by atoms with E-state index in [9.17, 15) is 4.79 Å². The van der Waals surface area contributed by atoms with Crippen LogP contribution in [0.15, 0.2) is 65.0 Å². The Morgan fingerprint density at radius 3 is 2.77 bits per heavy atom. The summed E-state index contributed by atoms with van der Waals surface area (Å²) in [6.45, 7) is 4.99. The van der Waals surface area contributed by atoms with Crippen molar-refractivity contribution < 1.29 is 4.79 Å². The van der Waals surface area contributed by atoms with Gasteiger partial charge in [0.15, 0.2) is 5.78 Å². The number of carbonyl (C=O) groups is 1. The van der Waals surface area contributed by atoms with Crippen LogP contribution in [-0.2, 0) is 11.3 Å². The Labute approximate surface area is 189 Å². The number of aromatic nitrogens is 2. The fourth-order valence-corrected chi connectivity index (χ4v) is 5.95. The Bertz CT molecular complexity index is 1350. The average molecular weight is 444 g/mol. The van der Waals surface area contributed by atoms with Gasteiger partial charge in [0.2, 0.25) is 0 Å². The van der Waals surface area contributed by atoms with E-state index in [1.807, 2.05) is 17.5 Å². The number of ketones is 1. The highest BCUT2D eigenvalue weighted by atomic mass is 32.2. The molecule has 3 heterocycles. The van der Waals surface area contributed by atoms with Gasteiger partial charge >= 0.3 is 0 Å². The minimum Gasteiger partial charge on any atom is -0.340 e. The summed E-state index contributed by atoms with van der Waals surface area (Å²) in [5.74, 6) is -0.586. The summed E-state index contributed by atoms with van der Waals surface area (Å²) in [6, 6.07) is 16.9. The quantitative estimate of drug-likeness (QED) is 0.383. The van der Waals surface area contributed by atoms with Gasteiger partial charge < -0.3 is 4.57 Å². The molecule has 31 heavy (non-hydrogen) atoms. The first-order valence-corrected chi connectivity index (χ1v) is 11.8. The van der Waals surface area contributed by atoms with Crippen molar-refractivity contribution in [3.05, 3.63) is 92.4 Å². The minimum absolute atomic E-state index is 0.0279. The molecule has 4 nitrogen and oxygen atoms in total. The molecular formula is C25H21N3OS2. The Morgan fingerprint density at radius 1 is 1.16 bits per heavy atom. The number of allylic oxidation sites excluding steroid dienone is 1. The largest absolute Gasteiger partial charge is 0.340 e. The average Bonchev–Trinajstić information content (AvgIpc) is 3.43. The highest BCUT2D eigenvalue weighted by Crippen LogP contribution is 2.42. The number of hydrogen-bond acceptors (Lipinski definition) is 5. The number of nitrogens with zero attached hydrogens (tertiary/aromatic N) is 2. The van der Waals surface area contributed by atoms with E-state index in [-0.39, 0.29) is 5.78 Å². The molecule has 1 atom stereocenters. The van der Waals surface area contributed by atoms with Gasteiger partial charge in [-0.05, 0) is 31.6 Å². The summed E-state index contributed by atoms with van der Waals surface area (Å²) in [5.41, 5.74) is 5.81. The maximum absolute atomic E-state index is 13.1. The van der Waals surface area contributed by atoms with E-state index < -0.39 is 5.92 Å². The molecule has 0 radical (unpaired) electrons. The number of hydrogen-bond donors (Lipinski definition) is 1. The summed E-state index contributed by atoms with van der Waals surface area (Å²) in [6.07, 6.45) is 3.66. The van der Waals surface area contributed by atoms with Crippen molar-refractivity contribution in [2.45, 2.75) is 26.3 Å². The molecule has 1 fully saturated rings. The topological polar surface area (TPSA) is 58.7 Å². The van der Waals surface area contributed by atoms with Gasteiger partial charge in [-0.2, -0.15) is 0 Å². The van der Waals surface area contributed by atoms with Crippen LogP contribution in [-0.4, -0.2) is 20.4 Å². The van der Waals surface area contributed by atoms with Crippen LogP contribution in [0, 0.1) is 19.3 Å². The molecule has 6 heteroatoms. The molecule has 1 aliphatic rings. The molecule has 0 bridgehead atoms. The van der Waals surface area contributed by atoms with E-state index in [1.54, 1.807) is 6.20 Å². The number of aryl methyl sites for hydroxylation is 1. The molecule has 2 aromatic carbocycles. The molecule has 5 rings (SSSR count). The summed E-state index contributed by atoms with van der Waals surface area (Å²) in [7, 11) is 0. The van der Waals surface area contributed by atoms with Crippen molar-refractivity contribution >= 4 is 50.9 Å². The second-order valence-corrected chi connectivity index (χ2v) is 9.74. The maximum Gasteiger partial charge on any atom is 0.186 e. The standard InChI is InChI=1S/C25H21N3OS2/c1-15-6-5-7-17(12-15)14-28-16(2)19(18-8-3-4-9-20(18)28)13-21-23(29)22(24(26)31-21)25-27-10-11-30-25/h3-13,22,26H,14H2,1-2H3/b21-13-,26-24?/t22-/m0/s1. The van der Waals surface area contributed by atoms with E-state index in [1.165, 1.54) is 34.2 Å². The number of fused-ring (bicyclic) bond motifs is 1. The molecule has 1 saturated heterocycles. The van der Waals surface area contributed by atoms with Crippen LogP contribution in [0.4, 0.5) is 0 Å². The van der Waals surface area contributed by atoms with Crippen LogP contribution in [0.1, 0.15) is 33.3 Å². The van der Waals surface area contributed by atoms with Crippen molar-refractivity contribution in [1.82, 2.24) is 9.55 Å². The Hall–Kier alpha value is -2.96. The fourth-order valence-electron chi connectivity index (χ4n) is 4.16. The molecule has 0 saturated carbocycles. The smallest absolute Gasteiger partial charge is 0.186 e. The maximum atomic E-state index is 13.1. The van der Waals surface area contributed by atoms with Crippen molar-refractivity contribution in [3.63, 3.8) is 0 Å². The Balaban J connectivity index is 1.59. The van der Waals surface area contributed by atoms with Crippen LogP contribution in [0.5, 0.6) is 0 Å². The van der Waals surface area contributed by atoms with Crippen molar-refractivity contribution in [2.75, 3.05) is 0 Å². The van der Waals surface area contributed by atoms with E-state index in [0.717, 1.165) is 28.7 Å². The first-order chi connectivity index (χ1) is 15.0. The van der Waals surface area contributed by atoms with Gasteiger partial charge in [-0.15, -0.1) is 11.3 Å². The van der Waals surface area contributed by atoms with Crippen LogP contribution in [0.2, 0.25) is 0 Å². The van der Waals surface area contributed by atoms with Crippen LogP contribution in [0.25, 0.3) is 17.0 Å². The number of Topliss-reactive ketones (excluding diaryl/α,β-unsaturated/α-hetero) is 1. The molecule has 1 N–H and O–H groups in total. The normalized spacial score (nSPS) is 17.9. The highest BCUT2D eigenvalue weighted by molar-refractivity contribution is 8.19. The number of thioether (sulfide) groups is 1. The lowest BCUT2D eigenvalue weighted by Crippen LogP contribution is -2.11. The number of carbonyl (C=O) groups excluding carboxylic acids is 1. The van der Waals surface area contributed by atoms with Crippen LogP contribution >= 0.6 is 23.1 Å². The monoisotopic (exact) mass is 443 g/mol. The SMILES string of the molecule is Cc1cccc(Cn2c(C)c(/C=C3\SC(=N)[C@@H](c4nccs4)C3=O)c3ccccc32)c1. The number of rotatable bonds is 4. The second-order valence-electron chi connectivity index (χ2n) is 7.73. The van der Waals surface area contributed by atoms with E-state index in [0.29, 0.717) is 15.0 Å². The third-order valence-corrected chi connectivity index (χ3v) is 7.50. The lowest BCUT2D eigenvalue weighted by Gasteiger charge is -2.09.